The quantitative estimate of drug-likeness (QED) is 0.483. The van der Waals surface area contributed by atoms with Crippen molar-refractivity contribution in [2.75, 3.05) is 38.7 Å². The van der Waals surface area contributed by atoms with Crippen LogP contribution in [0.15, 0.2) is 46.9 Å². The van der Waals surface area contributed by atoms with Crippen LogP contribution in [0.4, 0.5) is 5.13 Å². The lowest BCUT2D eigenvalue weighted by atomic mass is 10.2. The Hall–Kier alpha value is -1.87. The van der Waals surface area contributed by atoms with E-state index in [1.807, 2.05) is 56.6 Å². The molecule has 9 heteroatoms. The third kappa shape index (κ3) is 5.06. The van der Waals surface area contributed by atoms with E-state index in [0.29, 0.717) is 23.2 Å². The molecular formula is C21H23BrClN3O3S. The molecule has 0 radical (unpaired) electrons. The number of amides is 1. The van der Waals surface area contributed by atoms with Crippen LogP contribution in [0.2, 0.25) is 0 Å². The molecule has 4 rings (SSSR count). The predicted molar refractivity (Wildman–Crippen MR) is 126 cm³/mol. The molecule has 0 saturated carbocycles. The van der Waals surface area contributed by atoms with E-state index in [1.54, 1.807) is 4.90 Å². The Morgan fingerprint density at radius 1 is 1.20 bits per heavy atom. The maximum atomic E-state index is 13.4. The average Bonchev–Trinajstić information content (AvgIpc) is 3.13. The van der Waals surface area contributed by atoms with Crippen molar-refractivity contribution in [1.82, 2.24) is 9.88 Å². The lowest BCUT2D eigenvalue weighted by molar-refractivity contribution is -0.127. The van der Waals surface area contributed by atoms with E-state index >= 15 is 0 Å². The zero-order chi connectivity index (χ0) is 20.4. The molecule has 0 bridgehead atoms. The van der Waals surface area contributed by atoms with Crippen molar-refractivity contribution < 1.29 is 14.3 Å². The van der Waals surface area contributed by atoms with Gasteiger partial charge in [0.15, 0.2) is 16.6 Å². The van der Waals surface area contributed by atoms with Gasteiger partial charge < -0.3 is 14.4 Å². The number of para-hydroxylation sites is 2. The number of rotatable bonds is 6. The van der Waals surface area contributed by atoms with Gasteiger partial charge in [0, 0.05) is 11.0 Å². The molecule has 2 heterocycles. The second kappa shape index (κ2) is 9.96. The van der Waals surface area contributed by atoms with Gasteiger partial charge in [0.2, 0.25) is 6.10 Å². The van der Waals surface area contributed by atoms with Crippen LogP contribution in [0, 0.1) is 0 Å². The van der Waals surface area contributed by atoms with Crippen molar-refractivity contribution >= 4 is 60.9 Å². The molecule has 1 atom stereocenters. The van der Waals surface area contributed by atoms with Crippen LogP contribution in [-0.4, -0.2) is 55.7 Å². The molecule has 1 aliphatic heterocycles. The number of thiazole rings is 1. The molecule has 0 fully saturated rings. The zero-order valence-corrected chi connectivity index (χ0v) is 19.9. The first-order valence-corrected chi connectivity index (χ1v) is 11.0. The Bertz CT molecular complexity index is 1030. The van der Waals surface area contributed by atoms with Crippen molar-refractivity contribution in [2.45, 2.75) is 12.5 Å². The SMILES string of the molecule is CN(C)CCCN(C(=O)C1COc2ccccc2O1)c1nc2ccc(Br)cc2s1.Cl. The second-order valence-corrected chi connectivity index (χ2v) is 9.04. The van der Waals surface area contributed by atoms with E-state index in [1.165, 1.54) is 11.3 Å². The third-order valence-electron chi connectivity index (χ3n) is 4.61. The first kappa shape index (κ1) is 22.8. The molecule has 1 amide bonds. The van der Waals surface area contributed by atoms with E-state index < -0.39 is 6.10 Å². The number of hydrogen-bond acceptors (Lipinski definition) is 6. The van der Waals surface area contributed by atoms with Crippen molar-refractivity contribution in [3.8, 4) is 11.5 Å². The molecule has 0 N–H and O–H groups in total. The van der Waals surface area contributed by atoms with Gasteiger partial charge in [-0.2, -0.15) is 0 Å². The van der Waals surface area contributed by atoms with Crippen LogP contribution in [0.5, 0.6) is 11.5 Å². The normalized spacial score (nSPS) is 15.1. The molecule has 0 spiro atoms. The average molecular weight is 513 g/mol. The standard InChI is InChI=1S/C21H22BrN3O3S.ClH/c1-24(2)10-5-11-25(21-23-15-9-8-14(22)12-19(15)29-21)20(26)18-13-27-16-6-3-4-7-17(16)28-18;/h3-4,6-9,12,18H,5,10-11,13H2,1-2H3;1H. The second-order valence-electron chi connectivity index (χ2n) is 7.12. The third-order valence-corrected chi connectivity index (χ3v) is 6.14. The molecule has 0 saturated heterocycles. The van der Waals surface area contributed by atoms with Crippen molar-refractivity contribution in [3.63, 3.8) is 0 Å². The van der Waals surface area contributed by atoms with Crippen LogP contribution in [0.1, 0.15) is 6.42 Å². The topological polar surface area (TPSA) is 54.9 Å². The Morgan fingerprint density at radius 3 is 2.73 bits per heavy atom. The van der Waals surface area contributed by atoms with Crippen LogP contribution in [0.25, 0.3) is 10.2 Å². The number of benzene rings is 2. The van der Waals surface area contributed by atoms with Gasteiger partial charge in [0.05, 0.1) is 10.2 Å². The summed E-state index contributed by atoms with van der Waals surface area (Å²) in [6, 6.07) is 13.4. The molecule has 1 aromatic heterocycles. The fourth-order valence-corrected chi connectivity index (χ4v) is 4.71. The largest absolute Gasteiger partial charge is 0.485 e. The van der Waals surface area contributed by atoms with Gasteiger partial charge in [-0.3, -0.25) is 9.69 Å². The van der Waals surface area contributed by atoms with Gasteiger partial charge in [0.1, 0.15) is 6.61 Å². The number of anilines is 1. The molecular weight excluding hydrogens is 490 g/mol. The summed E-state index contributed by atoms with van der Waals surface area (Å²) < 4.78 is 13.7. The molecule has 30 heavy (non-hydrogen) atoms. The predicted octanol–water partition coefficient (Wildman–Crippen LogP) is 4.61. The lowest BCUT2D eigenvalue weighted by Gasteiger charge is -2.29. The van der Waals surface area contributed by atoms with E-state index in [9.17, 15) is 4.79 Å². The Labute approximate surface area is 194 Å². The minimum absolute atomic E-state index is 0. The molecule has 0 aliphatic carbocycles. The van der Waals surface area contributed by atoms with E-state index in [-0.39, 0.29) is 24.9 Å². The number of fused-ring (bicyclic) bond motifs is 2. The number of halogens is 2. The van der Waals surface area contributed by atoms with Gasteiger partial charge in [-0.1, -0.05) is 39.4 Å². The highest BCUT2D eigenvalue weighted by Gasteiger charge is 2.33. The fraction of sp³-hybridized carbons (Fsp3) is 0.333. The van der Waals surface area contributed by atoms with Gasteiger partial charge >= 0.3 is 0 Å². The lowest BCUT2D eigenvalue weighted by Crippen LogP contribution is -2.47. The molecule has 2 aromatic carbocycles. The number of carbonyl (C=O) groups is 1. The number of hydrogen-bond donors (Lipinski definition) is 0. The van der Waals surface area contributed by atoms with Gasteiger partial charge in [-0.05, 0) is 57.4 Å². The molecule has 1 unspecified atom stereocenters. The van der Waals surface area contributed by atoms with Gasteiger partial charge in [-0.25, -0.2) is 4.98 Å². The summed E-state index contributed by atoms with van der Waals surface area (Å²) in [4.78, 5) is 21.9. The minimum Gasteiger partial charge on any atom is -0.485 e. The summed E-state index contributed by atoms with van der Waals surface area (Å²) in [5, 5.41) is 0.685. The zero-order valence-electron chi connectivity index (χ0n) is 16.7. The summed E-state index contributed by atoms with van der Waals surface area (Å²) in [5.74, 6) is 1.13. The summed E-state index contributed by atoms with van der Waals surface area (Å²) in [6.07, 6.45) is 0.144. The first-order valence-electron chi connectivity index (χ1n) is 9.42. The molecule has 6 nitrogen and oxygen atoms in total. The number of aromatic nitrogens is 1. The van der Waals surface area contributed by atoms with Crippen LogP contribution < -0.4 is 14.4 Å². The smallest absolute Gasteiger partial charge is 0.273 e. The maximum absolute atomic E-state index is 13.4. The highest BCUT2D eigenvalue weighted by Crippen LogP contribution is 2.34. The first-order chi connectivity index (χ1) is 14.0. The van der Waals surface area contributed by atoms with Crippen molar-refractivity contribution in [3.05, 3.63) is 46.9 Å². The van der Waals surface area contributed by atoms with Gasteiger partial charge in [0.25, 0.3) is 5.91 Å². The molecule has 1 aliphatic rings. The summed E-state index contributed by atoms with van der Waals surface area (Å²) in [6.45, 7) is 1.64. The van der Waals surface area contributed by atoms with Crippen LogP contribution in [0.3, 0.4) is 0 Å². The number of carbonyl (C=O) groups excluding carboxylic acids is 1. The van der Waals surface area contributed by atoms with E-state index in [2.05, 4.69) is 20.8 Å². The van der Waals surface area contributed by atoms with Crippen LogP contribution in [-0.2, 0) is 4.79 Å². The van der Waals surface area contributed by atoms with Gasteiger partial charge in [-0.15, -0.1) is 12.4 Å². The highest BCUT2D eigenvalue weighted by atomic mass is 79.9. The van der Waals surface area contributed by atoms with Crippen molar-refractivity contribution in [1.29, 1.82) is 0 Å². The highest BCUT2D eigenvalue weighted by molar-refractivity contribution is 9.10. The Kier molecular flexibility index (Phi) is 7.57. The monoisotopic (exact) mass is 511 g/mol. The maximum Gasteiger partial charge on any atom is 0.273 e. The number of ether oxygens (including phenoxy) is 2. The fourth-order valence-electron chi connectivity index (χ4n) is 3.16. The summed E-state index contributed by atoms with van der Waals surface area (Å²) in [7, 11) is 4.05. The van der Waals surface area contributed by atoms with E-state index in [4.69, 9.17) is 14.5 Å². The van der Waals surface area contributed by atoms with E-state index in [0.717, 1.165) is 27.7 Å². The summed E-state index contributed by atoms with van der Waals surface area (Å²) in [5.41, 5.74) is 0.879. The molecule has 3 aromatic rings. The number of nitrogens with zero attached hydrogens (tertiary/aromatic N) is 3. The Morgan fingerprint density at radius 2 is 1.97 bits per heavy atom. The Balaban J connectivity index is 0.00000256. The van der Waals surface area contributed by atoms with Crippen LogP contribution >= 0.6 is 39.7 Å². The van der Waals surface area contributed by atoms with Crippen molar-refractivity contribution in [2.24, 2.45) is 0 Å². The summed E-state index contributed by atoms with van der Waals surface area (Å²) >= 11 is 5.01. The molecule has 160 valence electrons. The minimum atomic E-state index is -0.692.